The minimum Gasteiger partial charge on any atom is -0.361 e. The van der Waals surface area contributed by atoms with Crippen LogP contribution in [0.25, 0.3) is 11.0 Å². The fraction of sp³-hybridized carbons (Fsp3) is 0.286. The molecule has 0 aliphatic heterocycles. The maximum absolute atomic E-state index is 6.01. The lowest BCUT2D eigenvalue weighted by molar-refractivity contribution is 0.392. The molecule has 104 valence electrons. The minimum absolute atomic E-state index is 0.343. The predicted octanol–water partition coefficient (Wildman–Crippen LogP) is 4.08. The van der Waals surface area contributed by atoms with Crippen molar-refractivity contribution in [3.63, 3.8) is 0 Å². The lowest BCUT2D eigenvalue weighted by atomic mass is 10.2. The fourth-order valence-electron chi connectivity index (χ4n) is 2.32. The molecule has 1 aromatic carbocycles. The van der Waals surface area contributed by atoms with Crippen molar-refractivity contribution in [2.45, 2.75) is 26.3 Å². The smallest absolute Gasteiger partial charge is 0.138 e. The second kappa shape index (κ2) is 5.11. The van der Waals surface area contributed by atoms with Gasteiger partial charge < -0.3 is 9.09 Å². The normalized spacial score (nSPS) is 11.4. The van der Waals surface area contributed by atoms with Crippen molar-refractivity contribution in [1.29, 1.82) is 0 Å². The number of nitrogens with zero attached hydrogens (tertiary/aromatic N) is 3. The first-order valence-electron chi connectivity index (χ1n) is 6.22. The van der Waals surface area contributed by atoms with Gasteiger partial charge in [-0.05, 0) is 32.0 Å². The van der Waals surface area contributed by atoms with E-state index in [1.54, 1.807) is 0 Å². The fourth-order valence-corrected chi connectivity index (χ4v) is 2.69. The summed E-state index contributed by atoms with van der Waals surface area (Å²) in [6.45, 7) is 4.48. The molecule has 0 fully saturated rings. The van der Waals surface area contributed by atoms with E-state index in [2.05, 4.69) is 14.7 Å². The molecule has 4 nitrogen and oxygen atoms in total. The molecular weight excluding hydrogens is 297 g/mol. The third kappa shape index (κ3) is 2.19. The van der Waals surface area contributed by atoms with Gasteiger partial charge in [-0.1, -0.05) is 16.8 Å². The Kier molecular flexibility index (Phi) is 3.44. The summed E-state index contributed by atoms with van der Waals surface area (Å²) in [6.07, 6.45) is 0. The third-order valence-electron chi connectivity index (χ3n) is 3.41. The molecule has 0 atom stereocenters. The number of aryl methyl sites for hydroxylation is 2. The van der Waals surface area contributed by atoms with E-state index in [0.717, 1.165) is 33.9 Å². The molecular formula is C14H13Cl2N3O. The van der Waals surface area contributed by atoms with Crippen LogP contribution >= 0.6 is 23.2 Å². The Morgan fingerprint density at radius 2 is 2.10 bits per heavy atom. The average molecular weight is 310 g/mol. The van der Waals surface area contributed by atoms with E-state index in [4.69, 9.17) is 27.7 Å². The van der Waals surface area contributed by atoms with Gasteiger partial charge in [0.05, 0.1) is 29.2 Å². The Hall–Kier alpha value is -1.52. The molecule has 0 saturated carbocycles. The highest BCUT2D eigenvalue weighted by molar-refractivity contribution is 6.31. The summed E-state index contributed by atoms with van der Waals surface area (Å²) in [4.78, 5) is 4.53. The minimum atomic E-state index is 0.343. The number of hydrogen-bond acceptors (Lipinski definition) is 3. The van der Waals surface area contributed by atoms with Crippen LogP contribution in [0.3, 0.4) is 0 Å². The van der Waals surface area contributed by atoms with Gasteiger partial charge in [-0.15, -0.1) is 11.6 Å². The van der Waals surface area contributed by atoms with Crippen LogP contribution in [0.4, 0.5) is 0 Å². The number of aromatic nitrogens is 3. The van der Waals surface area contributed by atoms with Crippen LogP contribution < -0.4 is 0 Å². The van der Waals surface area contributed by atoms with Crippen LogP contribution in [0.5, 0.6) is 0 Å². The molecule has 20 heavy (non-hydrogen) atoms. The SMILES string of the molecule is Cc1noc(C)c1Cn1c(CCl)nc2cc(Cl)ccc21. The number of fused-ring (bicyclic) bond motifs is 1. The lowest BCUT2D eigenvalue weighted by Crippen LogP contribution is -2.05. The first-order valence-corrected chi connectivity index (χ1v) is 7.13. The van der Waals surface area contributed by atoms with Crippen molar-refractivity contribution < 1.29 is 4.52 Å². The second-order valence-electron chi connectivity index (χ2n) is 4.68. The van der Waals surface area contributed by atoms with E-state index >= 15 is 0 Å². The van der Waals surface area contributed by atoms with Crippen molar-refractivity contribution in [2.75, 3.05) is 0 Å². The van der Waals surface area contributed by atoms with Gasteiger partial charge in [0, 0.05) is 10.6 Å². The quantitative estimate of drug-likeness (QED) is 0.685. The summed E-state index contributed by atoms with van der Waals surface area (Å²) in [6, 6.07) is 5.66. The maximum atomic E-state index is 6.01. The van der Waals surface area contributed by atoms with E-state index in [-0.39, 0.29) is 0 Å². The summed E-state index contributed by atoms with van der Waals surface area (Å²) < 4.78 is 7.29. The van der Waals surface area contributed by atoms with Gasteiger partial charge >= 0.3 is 0 Å². The Labute approximate surface area is 126 Å². The molecule has 2 aromatic heterocycles. The molecule has 0 saturated heterocycles. The Morgan fingerprint density at radius 1 is 1.30 bits per heavy atom. The number of halogens is 2. The van der Waals surface area contributed by atoms with Gasteiger partial charge in [0.2, 0.25) is 0 Å². The van der Waals surface area contributed by atoms with Crippen LogP contribution in [-0.4, -0.2) is 14.7 Å². The van der Waals surface area contributed by atoms with Gasteiger partial charge in [0.25, 0.3) is 0 Å². The predicted molar refractivity (Wildman–Crippen MR) is 79.4 cm³/mol. The molecule has 0 radical (unpaired) electrons. The second-order valence-corrected chi connectivity index (χ2v) is 5.39. The maximum Gasteiger partial charge on any atom is 0.138 e. The van der Waals surface area contributed by atoms with Gasteiger partial charge in [-0.25, -0.2) is 4.98 Å². The number of benzene rings is 1. The van der Waals surface area contributed by atoms with Gasteiger partial charge in [-0.2, -0.15) is 0 Å². The third-order valence-corrected chi connectivity index (χ3v) is 3.88. The zero-order valence-electron chi connectivity index (χ0n) is 11.2. The number of hydrogen-bond donors (Lipinski definition) is 0. The number of rotatable bonds is 3. The summed E-state index contributed by atoms with van der Waals surface area (Å²) in [5.74, 6) is 1.97. The number of imidazole rings is 1. The molecule has 6 heteroatoms. The van der Waals surface area contributed by atoms with Crippen LogP contribution in [0.1, 0.15) is 22.8 Å². The molecule has 0 N–H and O–H groups in total. The molecule has 0 spiro atoms. The number of alkyl halides is 1. The molecule has 0 aliphatic rings. The van der Waals surface area contributed by atoms with Crippen LogP contribution in [0, 0.1) is 13.8 Å². The summed E-state index contributed by atoms with van der Waals surface area (Å²) >= 11 is 12.0. The topological polar surface area (TPSA) is 43.9 Å². The van der Waals surface area contributed by atoms with E-state index in [1.807, 2.05) is 32.0 Å². The van der Waals surface area contributed by atoms with Crippen molar-refractivity contribution in [1.82, 2.24) is 14.7 Å². The zero-order valence-corrected chi connectivity index (χ0v) is 12.7. The van der Waals surface area contributed by atoms with Crippen molar-refractivity contribution in [3.05, 3.63) is 46.1 Å². The Bertz CT molecular complexity index is 757. The average Bonchev–Trinajstić information content (AvgIpc) is 2.93. The highest BCUT2D eigenvalue weighted by atomic mass is 35.5. The molecule has 3 aromatic rings. The Balaban J connectivity index is 2.15. The first-order chi connectivity index (χ1) is 9.60. The van der Waals surface area contributed by atoms with Crippen molar-refractivity contribution in [2.24, 2.45) is 0 Å². The van der Waals surface area contributed by atoms with E-state index in [1.165, 1.54) is 0 Å². The van der Waals surface area contributed by atoms with Gasteiger partial charge in [-0.3, -0.25) is 0 Å². The zero-order chi connectivity index (χ0) is 14.3. The molecule has 0 aliphatic carbocycles. The molecule has 0 bridgehead atoms. The van der Waals surface area contributed by atoms with Gasteiger partial charge in [0.15, 0.2) is 0 Å². The van der Waals surface area contributed by atoms with E-state index in [9.17, 15) is 0 Å². The monoisotopic (exact) mass is 309 g/mol. The molecule has 0 amide bonds. The Morgan fingerprint density at radius 3 is 2.75 bits per heavy atom. The van der Waals surface area contributed by atoms with Crippen LogP contribution in [0.15, 0.2) is 22.7 Å². The first kappa shape index (κ1) is 13.5. The van der Waals surface area contributed by atoms with Crippen LogP contribution in [0.2, 0.25) is 5.02 Å². The van der Waals surface area contributed by atoms with Crippen LogP contribution in [-0.2, 0) is 12.4 Å². The molecule has 0 unspecified atom stereocenters. The highest BCUT2D eigenvalue weighted by Crippen LogP contribution is 2.24. The van der Waals surface area contributed by atoms with Crippen molar-refractivity contribution >= 4 is 34.2 Å². The molecule has 3 rings (SSSR count). The highest BCUT2D eigenvalue weighted by Gasteiger charge is 2.15. The van der Waals surface area contributed by atoms with Gasteiger partial charge in [0.1, 0.15) is 11.6 Å². The summed E-state index contributed by atoms with van der Waals surface area (Å²) in [7, 11) is 0. The van der Waals surface area contributed by atoms with E-state index in [0.29, 0.717) is 17.4 Å². The lowest BCUT2D eigenvalue weighted by Gasteiger charge is -2.07. The summed E-state index contributed by atoms with van der Waals surface area (Å²) in [5.41, 5.74) is 3.80. The largest absolute Gasteiger partial charge is 0.361 e. The molecule has 2 heterocycles. The summed E-state index contributed by atoms with van der Waals surface area (Å²) in [5, 5.41) is 4.65. The van der Waals surface area contributed by atoms with Crippen molar-refractivity contribution in [3.8, 4) is 0 Å². The van der Waals surface area contributed by atoms with E-state index < -0.39 is 0 Å². The standard InChI is InChI=1S/C14H13Cl2N3O/c1-8-11(9(2)20-18-8)7-19-13-4-3-10(16)5-12(13)17-14(19)6-15/h3-5H,6-7H2,1-2H3.